The smallest absolute Gasteiger partial charge is 0.346 e. The zero-order chi connectivity index (χ0) is 19.1. The van der Waals surface area contributed by atoms with Gasteiger partial charge in [0.25, 0.3) is 0 Å². The highest BCUT2D eigenvalue weighted by atomic mass is 32.2. The summed E-state index contributed by atoms with van der Waals surface area (Å²) in [5.74, 6) is -1.54. The molecule has 0 fully saturated rings. The molecule has 1 aromatic carbocycles. The van der Waals surface area contributed by atoms with E-state index in [-0.39, 0.29) is 12.4 Å². The minimum absolute atomic E-state index is 0.148. The zero-order valence-electron chi connectivity index (χ0n) is 13.8. The number of fused-ring (bicyclic) bond motifs is 1. The van der Waals surface area contributed by atoms with Crippen LogP contribution in [0.1, 0.15) is 11.5 Å². The maximum Gasteiger partial charge on any atom is 0.471 e. The molecule has 140 valence electrons. The van der Waals surface area contributed by atoms with E-state index in [0.29, 0.717) is 12.1 Å². The maximum atomic E-state index is 12.6. The standard InChI is InChI=1S/C15H15F3N4O3S/c1-9-8-22(6-5-19-26(2,23)24)12-4-3-10(7-11(9)12)13-20-14(25-21-13)15(16,17)18/h3-4,7-8,19H,5-6H2,1-2H3. The Morgan fingerprint density at radius 3 is 2.65 bits per heavy atom. The molecule has 2 heterocycles. The van der Waals surface area contributed by atoms with E-state index in [4.69, 9.17) is 0 Å². The number of aryl methyl sites for hydroxylation is 1. The maximum absolute atomic E-state index is 12.6. The number of aromatic nitrogens is 3. The van der Waals surface area contributed by atoms with E-state index in [1.807, 2.05) is 17.7 Å². The van der Waals surface area contributed by atoms with Gasteiger partial charge in [0.05, 0.1) is 6.26 Å². The van der Waals surface area contributed by atoms with Crippen molar-refractivity contribution in [2.45, 2.75) is 19.6 Å². The van der Waals surface area contributed by atoms with Gasteiger partial charge >= 0.3 is 12.1 Å². The third-order valence-corrected chi connectivity index (χ3v) is 4.45. The SMILES string of the molecule is Cc1cn(CCNS(C)(=O)=O)c2ccc(-c3noc(C(F)(F)F)n3)cc12. The third kappa shape index (κ3) is 3.88. The van der Waals surface area contributed by atoms with Crippen LogP contribution in [-0.4, -0.2) is 35.9 Å². The van der Waals surface area contributed by atoms with Gasteiger partial charge < -0.3 is 9.09 Å². The third-order valence-electron chi connectivity index (χ3n) is 3.72. The molecule has 0 atom stereocenters. The fourth-order valence-corrected chi connectivity index (χ4v) is 3.07. The minimum Gasteiger partial charge on any atom is -0.346 e. The van der Waals surface area contributed by atoms with Crippen molar-refractivity contribution < 1.29 is 26.1 Å². The highest BCUT2D eigenvalue weighted by molar-refractivity contribution is 7.88. The van der Waals surface area contributed by atoms with E-state index in [1.165, 1.54) is 0 Å². The van der Waals surface area contributed by atoms with Crippen LogP contribution in [0.25, 0.3) is 22.3 Å². The van der Waals surface area contributed by atoms with Crippen LogP contribution in [0.15, 0.2) is 28.9 Å². The molecule has 0 saturated carbocycles. The van der Waals surface area contributed by atoms with E-state index in [2.05, 4.69) is 19.4 Å². The van der Waals surface area contributed by atoms with Gasteiger partial charge in [-0.25, -0.2) is 13.1 Å². The van der Waals surface area contributed by atoms with Crippen molar-refractivity contribution in [3.8, 4) is 11.4 Å². The second-order valence-electron chi connectivity index (χ2n) is 5.82. The summed E-state index contributed by atoms with van der Waals surface area (Å²) in [5, 5.41) is 4.19. The first kappa shape index (κ1) is 18.4. The Labute approximate surface area is 146 Å². The van der Waals surface area contributed by atoms with Gasteiger partial charge in [-0.2, -0.15) is 18.2 Å². The summed E-state index contributed by atoms with van der Waals surface area (Å²) < 4.78 is 68.6. The van der Waals surface area contributed by atoms with Crippen molar-refractivity contribution in [3.05, 3.63) is 35.9 Å². The number of rotatable bonds is 5. The van der Waals surface area contributed by atoms with Crippen LogP contribution in [-0.2, 0) is 22.7 Å². The highest BCUT2D eigenvalue weighted by Crippen LogP contribution is 2.31. The van der Waals surface area contributed by atoms with Gasteiger partial charge in [0.1, 0.15) is 0 Å². The predicted molar refractivity (Wildman–Crippen MR) is 87.8 cm³/mol. The molecular formula is C15H15F3N4O3S. The van der Waals surface area contributed by atoms with Gasteiger partial charge in [-0.3, -0.25) is 0 Å². The van der Waals surface area contributed by atoms with E-state index in [1.54, 1.807) is 18.2 Å². The second-order valence-corrected chi connectivity index (χ2v) is 7.66. The number of sulfonamides is 1. The van der Waals surface area contributed by atoms with Gasteiger partial charge in [0.2, 0.25) is 15.8 Å². The first-order valence-electron chi connectivity index (χ1n) is 7.50. The normalized spacial score (nSPS) is 12.8. The molecule has 0 amide bonds. The molecule has 1 N–H and O–H groups in total. The lowest BCUT2D eigenvalue weighted by molar-refractivity contribution is -0.159. The molecule has 0 aliphatic carbocycles. The Balaban J connectivity index is 1.90. The fourth-order valence-electron chi connectivity index (χ4n) is 2.61. The summed E-state index contributed by atoms with van der Waals surface area (Å²) in [5.41, 5.74) is 2.11. The van der Waals surface area contributed by atoms with Crippen molar-refractivity contribution in [1.29, 1.82) is 0 Å². The van der Waals surface area contributed by atoms with Crippen molar-refractivity contribution in [3.63, 3.8) is 0 Å². The van der Waals surface area contributed by atoms with Gasteiger partial charge in [0.15, 0.2) is 0 Å². The summed E-state index contributed by atoms with van der Waals surface area (Å²) in [6, 6.07) is 4.99. The zero-order valence-corrected chi connectivity index (χ0v) is 14.6. The molecule has 0 bridgehead atoms. The quantitative estimate of drug-likeness (QED) is 0.726. The molecule has 11 heteroatoms. The van der Waals surface area contributed by atoms with Crippen molar-refractivity contribution in [2.75, 3.05) is 12.8 Å². The minimum atomic E-state index is -4.69. The lowest BCUT2D eigenvalue weighted by atomic mass is 10.1. The van der Waals surface area contributed by atoms with Crippen molar-refractivity contribution in [1.82, 2.24) is 19.4 Å². The molecule has 0 aliphatic rings. The predicted octanol–water partition coefficient (Wildman–Crippen LogP) is 2.57. The molecule has 0 radical (unpaired) electrons. The molecule has 3 rings (SSSR count). The van der Waals surface area contributed by atoms with Crippen LogP contribution in [0, 0.1) is 6.92 Å². The highest BCUT2D eigenvalue weighted by Gasteiger charge is 2.38. The van der Waals surface area contributed by atoms with Gasteiger partial charge in [-0.05, 0) is 30.7 Å². The molecule has 2 aromatic heterocycles. The Kier molecular flexibility index (Phi) is 4.53. The van der Waals surface area contributed by atoms with Crippen molar-refractivity contribution >= 4 is 20.9 Å². The Hall–Kier alpha value is -2.40. The van der Waals surface area contributed by atoms with Gasteiger partial charge in [0, 0.05) is 35.8 Å². The van der Waals surface area contributed by atoms with Crippen LogP contribution in [0.5, 0.6) is 0 Å². The van der Waals surface area contributed by atoms with Crippen LogP contribution in [0.2, 0.25) is 0 Å². The molecule has 0 aliphatic heterocycles. The fraction of sp³-hybridized carbons (Fsp3) is 0.333. The largest absolute Gasteiger partial charge is 0.471 e. The molecule has 26 heavy (non-hydrogen) atoms. The van der Waals surface area contributed by atoms with E-state index in [9.17, 15) is 21.6 Å². The first-order valence-corrected chi connectivity index (χ1v) is 9.39. The number of hydrogen-bond acceptors (Lipinski definition) is 5. The van der Waals surface area contributed by atoms with Crippen LogP contribution >= 0.6 is 0 Å². The number of nitrogens with zero attached hydrogens (tertiary/aromatic N) is 3. The molecule has 7 nitrogen and oxygen atoms in total. The van der Waals surface area contributed by atoms with Gasteiger partial charge in [-0.15, -0.1) is 0 Å². The summed E-state index contributed by atoms with van der Waals surface area (Å²) >= 11 is 0. The molecule has 3 aromatic rings. The lowest BCUT2D eigenvalue weighted by Crippen LogP contribution is -2.25. The summed E-state index contributed by atoms with van der Waals surface area (Å²) in [6.07, 6.45) is -1.77. The summed E-state index contributed by atoms with van der Waals surface area (Å²) in [7, 11) is -3.28. The molecule has 0 saturated heterocycles. The molecule has 0 unspecified atom stereocenters. The van der Waals surface area contributed by atoms with Crippen LogP contribution < -0.4 is 4.72 Å². The van der Waals surface area contributed by atoms with Crippen molar-refractivity contribution in [2.24, 2.45) is 0 Å². The Bertz CT molecular complexity index is 1050. The second kappa shape index (κ2) is 6.40. The first-order chi connectivity index (χ1) is 12.0. The number of alkyl halides is 3. The summed E-state index contributed by atoms with van der Waals surface area (Å²) in [4.78, 5) is 3.39. The topological polar surface area (TPSA) is 90.0 Å². The lowest BCUT2D eigenvalue weighted by Gasteiger charge is -2.06. The Morgan fingerprint density at radius 1 is 1.31 bits per heavy atom. The molecular weight excluding hydrogens is 373 g/mol. The summed E-state index contributed by atoms with van der Waals surface area (Å²) in [6.45, 7) is 2.49. The Morgan fingerprint density at radius 2 is 2.04 bits per heavy atom. The van der Waals surface area contributed by atoms with E-state index in [0.717, 1.165) is 22.7 Å². The average Bonchev–Trinajstić information content (AvgIpc) is 3.12. The number of hydrogen-bond donors (Lipinski definition) is 1. The number of benzene rings is 1. The monoisotopic (exact) mass is 388 g/mol. The molecule has 0 spiro atoms. The number of halogens is 3. The van der Waals surface area contributed by atoms with Crippen LogP contribution in [0.3, 0.4) is 0 Å². The van der Waals surface area contributed by atoms with Crippen LogP contribution in [0.4, 0.5) is 13.2 Å². The van der Waals surface area contributed by atoms with Gasteiger partial charge in [-0.1, -0.05) is 5.16 Å². The van der Waals surface area contributed by atoms with E-state index >= 15 is 0 Å². The average molecular weight is 388 g/mol. The van der Waals surface area contributed by atoms with E-state index < -0.39 is 22.1 Å². The number of nitrogens with one attached hydrogen (secondary N) is 1.